The standard InChI is InChI=1S/C17H14N4OS/c1-22-13-5-2-10(3-6-13)15-16(23-17(18)20-15)11-4-7-14-12(8-11)9-19-21-14/h2-9H,1H3,(H2,18,20)(H,19,21). The van der Waals surface area contributed by atoms with Crippen molar-refractivity contribution >= 4 is 27.4 Å². The number of nitrogens with one attached hydrogen (secondary N) is 1. The lowest BCUT2D eigenvalue weighted by Crippen LogP contribution is -1.86. The van der Waals surface area contributed by atoms with E-state index in [9.17, 15) is 0 Å². The van der Waals surface area contributed by atoms with Crippen LogP contribution in [0.3, 0.4) is 0 Å². The highest BCUT2D eigenvalue weighted by molar-refractivity contribution is 7.19. The topological polar surface area (TPSA) is 76.8 Å². The summed E-state index contributed by atoms with van der Waals surface area (Å²) in [6, 6.07) is 14.0. The fraction of sp³-hybridized carbons (Fsp3) is 0.0588. The first-order valence-corrected chi connectivity index (χ1v) is 7.90. The molecule has 6 heteroatoms. The van der Waals surface area contributed by atoms with E-state index in [4.69, 9.17) is 10.5 Å². The molecule has 114 valence electrons. The minimum atomic E-state index is 0.554. The third kappa shape index (κ3) is 2.43. The summed E-state index contributed by atoms with van der Waals surface area (Å²) in [6.07, 6.45) is 1.82. The number of ether oxygens (including phenoxy) is 1. The molecule has 0 unspecified atom stereocenters. The number of nitrogens with two attached hydrogens (primary N) is 1. The zero-order chi connectivity index (χ0) is 15.8. The number of methoxy groups -OCH3 is 1. The highest BCUT2D eigenvalue weighted by Crippen LogP contribution is 2.39. The van der Waals surface area contributed by atoms with Crippen LogP contribution in [0.1, 0.15) is 0 Å². The maximum atomic E-state index is 5.97. The molecule has 4 aromatic rings. The van der Waals surface area contributed by atoms with Crippen molar-refractivity contribution in [2.45, 2.75) is 0 Å². The first-order chi connectivity index (χ1) is 11.2. The van der Waals surface area contributed by atoms with Gasteiger partial charge in [0.1, 0.15) is 5.75 Å². The summed E-state index contributed by atoms with van der Waals surface area (Å²) >= 11 is 1.49. The van der Waals surface area contributed by atoms with Crippen LogP contribution in [-0.4, -0.2) is 22.3 Å². The average molecular weight is 322 g/mol. The lowest BCUT2D eigenvalue weighted by molar-refractivity contribution is 0.415. The highest BCUT2D eigenvalue weighted by Gasteiger charge is 2.14. The van der Waals surface area contributed by atoms with E-state index in [2.05, 4.69) is 27.3 Å². The van der Waals surface area contributed by atoms with Crippen LogP contribution in [0, 0.1) is 0 Å². The van der Waals surface area contributed by atoms with Crippen molar-refractivity contribution in [1.82, 2.24) is 15.2 Å². The molecule has 0 aliphatic heterocycles. The molecule has 0 amide bonds. The quantitative estimate of drug-likeness (QED) is 0.599. The van der Waals surface area contributed by atoms with Gasteiger partial charge in [-0.1, -0.05) is 17.4 Å². The van der Waals surface area contributed by atoms with Crippen molar-refractivity contribution in [1.29, 1.82) is 0 Å². The van der Waals surface area contributed by atoms with E-state index in [1.165, 1.54) is 11.3 Å². The maximum Gasteiger partial charge on any atom is 0.181 e. The first-order valence-electron chi connectivity index (χ1n) is 7.09. The molecule has 3 N–H and O–H groups in total. The van der Waals surface area contributed by atoms with Crippen molar-refractivity contribution in [3.8, 4) is 27.4 Å². The van der Waals surface area contributed by atoms with Gasteiger partial charge >= 0.3 is 0 Å². The van der Waals surface area contributed by atoms with Gasteiger partial charge in [-0.3, -0.25) is 5.10 Å². The van der Waals surface area contributed by atoms with Gasteiger partial charge < -0.3 is 10.5 Å². The second-order valence-corrected chi connectivity index (χ2v) is 6.16. The molecule has 5 nitrogen and oxygen atoms in total. The number of H-pyrrole nitrogens is 1. The minimum absolute atomic E-state index is 0.554. The molecule has 0 fully saturated rings. The number of fused-ring (bicyclic) bond motifs is 1. The third-order valence-corrected chi connectivity index (χ3v) is 4.64. The molecule has 0 aliphatic carbocycles. The van der Waals surface area contributed by atoms with Crippen LogP contribution < -0.4 is 10.5 Å². The summed E-state index contributed by atoms with van der Waals surface area (Å²) in [6.45, 7) is 0. The number of hydrogen-bond acceptors (Lipinski definition) is 5. The maximum absolute atomic E-state index is 5.97. The predicted molar refractivity (Wildman–Crippen MR) is 93.6 cm³/mol. The van der Waals surface area contributed by atoms with Gasteiger partial charge in [0.25, 0.3) is 0 Å². The number of nitrogens with zero attached hydrogens (tertiary/aromatic N) is 2. The molecule has 23 heavy (non-hydrogen) atoms. The Morgan fingerprint density at radius 2 is 1.87 bits per heavy atom. The molecule has 0 atom stereocenters. The summed E-state index contributed by atoms with van der Waals surface area (Å²) < 4.78 is 5.21. The van der Waals surface area contributed by atoms with Crippen molar-refractivity contribution in [2.24, 2.45) is 0 Å². The number of thiazole rings is 1. The summed E-state index contributed by atoms with van der Waals surface area (Å²) in [5.41, 5.74) is 9.96. The molecule has 2 heterocycles. The van der Waals surface area contributed by atoms with Crippen LogP contribution >= 0.6 is 11.3 Å². The lowest BCUT2D eigenvalue weighted by atomic mass is 10.1. The van der Waals surface area contributed by atoms with Gasteiger partial charge in [-0.25, -0.2) is 4.98 Å². The number of benzene rings is 2. The van der Waals surface area contributed by atoms with Gasteiger partial charge in [-0.15, -0.1) is 0 Å². The van der Waals surface area contributed by atoms with Gasteiger partial charge in [0.15, 0.2) is 5.13 Å². The molecule has 0 aliphatic rings. The van der Waals surface area contributed by atoms with E-state index in [1.807, 2.05) is 36.5 Å². The predicted octanol–water partition coefficient (Wildman–Crippen LogP) is 3.94. The zero-order valence-corrected chi connectivity index (χ0v) is 13.2. The largest absolute Gasteiger partial charge is 0.497 e. The third-order valence-electron chi connectivity index (χ3n) is 3.71. The second kappa shape index (κ2) is 5.40. The molecule has 0 saturated carbocycles. The number of hydrogen-bond donors (Lipinski definition) is 2. The number of anilines is 1. The average Bonchev–Trinajstić information content (AvgIpc) is 3.20. The Kier molecular flexibility index (Phi) is 3.24. The SMILES string of the molecule is COc1ccc(-c2nc(N)sc2-c2ccc3[nH]ncc3c2)cc1. The van der Waals surface area contributed by atoms with Gasteiger partial charge in [0.05, 0.1) is 29.4 Å². The van der Waals surface area contributed by atoms with Crippen LogP contribution in [0.4, 0.5) is 5.13 Å². The van der Waals surface area contributed by atoms with Crippen LogP contribution in [0.5, 0.6) is 5.75 Å². The van der Waals surface area contributed by atoms with Crippen molar-refractivity contribution < 1.29 is 4.74 Å². The summed E-state index contributed by atoms with van der Waals surface area (Å²) in [5, 5.41) is 8.65. The smallest absolute Gasteiger partial charge is 0.181 e. The summed E-state index contributed by atoms with van der Waals surface area (Å²) in [4.78, 5) is 5.56. The fourth-order valence-electron chi connectivity index (χ4n) is 2.56. The van der Waals surface area contributed by atoms with Gasteiger partial charge in [-0.05, 0) is 42.0 Å². The molecule has 0 spiro atoms. The molecule has 2 aromatic heterocycles. The Labute approximate surface area is 136 Å². The van der Waals surface area contributed by atoms with Crippen LogP contribution in [0.15, 0.2) is 48.7 Å². The number of aromatic nitrogens is 3. The molecule has 0 bridgehead atoms. The first kappa shape index (κ1) is 13.8. The molecule has 4 rings (SSSR count). The van der Waals surface area contributed by atoms with E-state index in [0.29, 0.717) is 5.13 Å². The van der Waals surface area contributed by atoms with Crippen LogP contribution in [-0.2, 0) is 0 Å². The summed E-state index contributed by atoms with van der Waals surface area (Å²) in [7, 11) is 1.65. The van der Waals surface area contributed by atoms with E-state index in [1.54, 1.807) is 7.11 Å². The summed E-state index contributed by atoms with van der Waals surface area (Å²) in [5.74, 6) is 0.818. The lowest BCUT2D eigenvalue weighted by Gasteiger charge is -2.04. The van der Waals surface area contributed by atoms with Crippen molar-refractivity contribution in [2.75, 3.05) is 12.8 Å². The van der Waals surface area contributed by atoms with Gasteiger partial charge in [0.2, 0.25) is 0 Å². The van der Waals surface area contributed by atoms with Crippen LogP contribution in [0.25, 0.3) is 32.6 Å². The minimum Gasteiger partial charge on any atom is -0.497 e. The Bertz CT molecular complexity index is 972. The van der Waals surface area contributed by atoms with E-state index in [0.717, 1.165) is 38.4 Å². The Morgan fingerprint density at radius 1 is 1.09 bits per heavy atom. The molecule has 2 aromatic carbocycles. The second-order valence-electron chi connectivity index (χ2n) is 5.13. The molecular weight excluding hydrogens is 308 g/mol. The fourth-order valence-corrected chi connectivity index (χ4v) is 3.41. The Hall–Kier alpha value is -2.86. The highest BCUT2D eigenvalue weighted by atomic mass is 32.1. The number of nitrogen functional groups attached to an aromatic ring is 1. The number of rotatable bonds is 3. The van der Waals surface area contributed by atoms with E-state index in [-0.39, 0.29) is 0 Å². The molecule has 0 radical (unpaired) electrons. The van der Waals surface area contributed by atoms with Gasteiger partial charge in [-0.2, -0.15) is 5.10 Å². The van der Waals surface area contributed by atoms with Crippen molar-refractivity contribution in [3.05, 3.63) is 48.7 Å². The van der Waals surface area contributed by atoms with Crippen molar-refractivity contribution in [3.63, 3.8) is 0 Å². The normalized spacial score (nSPS) is 11.0. The Morgan fingerprint density at radius 3 is 2.65 bits per heavy atom. The van der Waals surface area contributed by atoms with Gasteiger partial charge in [0, 0.05) is 10.9 Å². The molecule has 0 saturated heterocycles. The zero-order valence-electron chi connectivity index (χ0n) is 12.4. The Balaban J connectivity index is 1.85. The van der Waals surface area contributed by atoms with E-state index >= 15 is 0 Å². The van der Waals surface area contributed by atoms with E-state index < -0.39 is 0 Å². The monoisotopic (exact) mass is 322 g/mol. The van der Waals surface area contributed by atoms with Crippen LogP contribution in [0.2, 0.25) is 0 Å². The molecular formula is C17H14N4OS. The number of aromatic amines is 1.